The quantitative estimate of drug-likeness (QED) is 0.629. The number of rotatable bonds is 4. The van der Waals surface area contributed by atoms with E-state index in [0.717, 1.165) is 6.07 Å². The molecule has 0 unspecified atom stereocenters. The second-order valence-electron chi connectivity index (χ2n) is 8.80. The van der Waals surface area contributed by atoms with E-state index in [1.165, 1.54) is 0 Å². The summed E-state index contributed by atoms with van der Waals surface area (Å²) >= 11 is 0. The van der Waals surface area contributed by atoms with Gasteiger partial charge in [-0.15, -0.1) is 0 Å². The lowest BCUT2D eigenvalue weighted by Gasteiger charge is -2.36. The van der Waals surface area contributed by atoms with Gasteiger partial charge in [0.05, 0.1) is 4.90 Å². The predicted octanol–water partition coefficient (Wildman–Crippen LogP) is 3.64. The molecule has 0 aliphatic heterocycles. The summed E-state index contributed by atoms with van der Waals surface area (Å²) in [6, 6.07) is 1.07. The van der Waals surface area contributed by atoms with Crippen molar-refractivity contribution in [2.45, 2.75) is 80.2 Å². The van der Waals surface area contributed by atoms with Gasteiger partial charge in [-0.25, -0.2) is 22.0 Å². The van der Waals surface area contributed by atoms with E-state index >= 15 is 0 Å². The molecule has 1 aromatic carbocycles. The summed E-state index contributed by atoms with van der Waals surface area (Å²) < 4.78 is 102. The number of fused-ring (bicyclic) bond motifs is 1. The Bertz CT molecular complexity index is 1010. The maximum absolute atomic E-state index is 14.1. The van der Waals surface area contributed by atoms with E-state index in [0.29, 0.717) is 6.07 Å². The highest BCUT2D eigenvalue weighted by molar-refractivity contribution is 7.92. The van der Waals surface area contributed by atoms with Crippen molar-refractivity contribution in [3.63, 3.8) is 0 Å². The molecule has 1 aromatic rings. The van der Waals surface area contributed by atoms with Crippen LogP contribution in [0.5, 0.6) is 5.75 Å². The zero-order chi connectivity index (χ0) is 24.3. The lowest BCUT2D eigenvalue weighted by atomic mass is 9.89. The Kier molecular flexibility index (Phi) is 5.91. The molecule has 0 heterocycles. The average molecular weight is 487 g/mol. The largest absolute Gasteiger partial charge is 0.501 e. The van der Waals surface area contributed by atoms with Gasteiger partial charge in [0.2, 0.25) is 0 Å². The fourth-order valence-electron chi connectivity index (χ4n) is 3.55. The molecule has 3 rings (SSSR count). The van der Waals surface area contributed by atoms with Crippen LogP contribution in [0, 0.1) is 0 Å². The van der Waals surface area contributed by atoms with Crippen LogP contribution in [0.4, 0.5) is 26.7 Å². The molecule has 0 bridgehead atoms. The maximum Gasteiger partial charge on any atom is 0.501 e. The number of hydrogen-bond donors (Lipinski definition) is 2. The molecule has 2 aliphatic rings. The number of alkyl carbamates (subject to hydrolysis) is 1. The van der Waals surface area contributed by atoms with Crippen molar-refractivity contribution in [2.75, 3.05) is 0 Å². The molecule has 0 spiro atoms. The monoisotopic (exact) mass is 487 g/mol. The predicted molar refractivity (Wildman–Crippen MR) is 100 cm³/mol. The highest BCUT2D eigenvalue weighted by atomic mass is 32.2. The van der Waals surface area contributed by atoms with Gasteiger partial charge in [-0.3, -0.25) is 0 Å². The lowest BCUT2D eigenvalue weighted by molar-refractivity contribution is -0.0979. The van der Waals surface area contributed by atoms with Crippen LogP contribution >= 0.6 is 0 Å². The molecule has 1 fully saturated rings. The van der Waals surface area contributed by atoms with E-state index < -0.39 is 67.6 Å². The fraction of sp³-hybridized carbons (Fsp3) is 0.632. The van der Waals surface area contributed by atoms with Gasteiger partial charge in [-0.1, -0.05) is 0 Å². The molecule has 180 valence electrons. The molecule has 2 aliphatic carbocycles. The van der Waals surface area contributed by atoms with Crippen LogP contribution in [-0.4, -0.2) is 48.8 Å². The molecule has 1 saturated carbocycles. The number of alkyl halides is 5. The summed E-state index contributed by atoms with van der Waals surface area (Å²) in [6.07, 6.45) is -4.56. The van der Waals surface area contributed by atoms with Crippen LogP contribution < -0.4 is 10.1 Å². The van der Waals surface area contributed by atoms with E-state index in [1.54, 1.807) is 20.8 Å². The van der Waals surface area contributed by atoms with Gasteiger partial charge in [-0.2, -0.15) is 13.2 Å². The number of benzene rings is 1. The molecule has 13 heteroatoms. The van der Waals surface area contributed by atoms with E-state index in [4.69, 9.17) is 9.47 Å². The molecule has 1 amide bonds. The molecule has 0 radical (unpaired) electrons. The van der Waals surface area contributed by atoms with Gasteiger partial charge >= 0.3 is 11.6 Å². The van der Waals surface area contributed by atoms with Gasteiger partial charge in [-0.05, 0) is 32.9 Å². The maximum atomic E-state index is 14.1. The smallest absolute Gasteiger partial charge is 0.490 e. The third-order valence-electron chi connectivity index (χ3n) is 5.06. The molecule has 1 atom stereocenters. The first-order valence-corrected chi connectivity index (χ1v) is 11.1. The molecule has 32 heavy (non-hydrogen) atoms. The minimum atomic E-state index is -5.97. The molecule has 0 saturated heterocycles. The number of aliphatic hydroxyl groups is 1. The van der Waals surface area contributed by atoms with Crippen molar-refractivity contribution in [2.24, 2.45) is 0 Å². The van der Waals surface area contributed by atoms with Crippen LogP contribution in [0.3, 0.4) is 0 Å². The number of nitrogens with one attached hydrogen (secondary N) is 1. The summed E-state index contributed by atoms with van der Waals surface area (Å²) in [5, 5.41) is 12.5. The highest BCUT2D eigenvalue weighted by Crippen LogP contribution is 2.51. The van der Waals surface area contributed by atoms with Crippen molar-refractivity contribution >= 4 is 15.9 Å². The van der Waals surface area contributed by atoms with E-state index in [-0.39, 0.29) is 24.6 Å². The molecule has 7 nitrogen and oxygen atoms in total. The number of hydrogen-bond acceptors (Lipinski definition) is 6. The first kappa shape index (κ1) is 24.5. The van der Waals surface area contributed by atoms with Gasteiger partial charge in [0.25, 0.3) is 15.8 Å². The number of carbonyl (C=O) groups excluding carboxylic acids is 1. The first-order chi connectivity index (χ1) is 14.4. The van der Waals surface area contributed by atoms with E-state index in [9.17, 15) is 40.3 Å². The summed E-state index contributed by atoms with van der Waals surface area (Å²) in [5.41, 5.74) is -7.92. The normalized spacial score (nSPS) is 25.0. The van der Waals surface area contributed by atoms with Crippen molar-refractivity contribution in [1.82, 2.24) is 5.32 Å². The van der Waals surface area contributed by atoms with Gasteiger partial charge in [0, 0.05) is 36.4 Å². The lowest BCUT2D eigenvalue weighted by Crippen LogP contribution is -2.50. The van der Waals surface area contributed by atoms with E-state index in [1.807, 2.05) is 0 Å². The summed E-state index contributed by atoms with van der Waals surface area (Å²) in [5.74, 6) is -4.10. The number of aliphatic hydroxyl groups excluding tert-OH is 1. The Hall–Kier alpha value is -2.15. The van der Waals surface area contributed by atoms with Crippen molar-refractivity contribution < 1.29 is 49.7 Å². The Morgan fingerprint density at radius 1 is 1.19 bits per heavy atom. The van der Waals surface area contributed by atoms with Crippen LogP contribution in [0.15, 0.2) is 17.0 Å². The topological polar surface area (TPSA) is 102 Å². The molecule has 0 aromatic heterocycles. The Labute approximate surface area is 180 Å². The number of sulfone groups is 1. The second-order valence-corrected chi connectivity index (χ2v) is 10.7. The Morgan fingerprint density at radius 3 is 2.31 bits per heavy atom. The molecular weight excluding hydrogens is 465 g/mol. The van der Waals surface area contributed by atoms with Gasteiger partial charge in [0.1, 0.15) is 23.6 Å². The number of carbonyl (C=O) groups is 1. The standard InChI is InChI=1S/C19H22F5NO6S/c1-17(2,3)31-16(27)25-9-6-10(7-9)30-12-4-5-13(32(28,29)19(22,23)24)14-11(12)8-18(20,21)15(14)26/h4-5,9-10,15,26H,6-8H2,1-3H3,(H,25,27)/t9?,10?,15-/m0/s1. The third kappa shape index (κ3) is 4.63. The number of ether oxygens (including phenoxy) is 2. The van der Waals surface area contributed by atoms with Crippen molar-refractivity contribution in [1.29, 1.82) is 0 Å². The van der Waals surface area contributed by atoms with Crippen LogP contribution in [0.1, 0.15) is 50.8 Å². The van der Waals surface area contributed by atoms with E-state index in [2.05, 4.69) is 5.32 Å². The first-order valence-electron chi connectivity index (χ1n) is 9.61. The highest BCUT2D eigenvalue weighted by Gasteiger charge is 2.55. The molecular formula is C19H22F5NO6S. The fourth-order valence-corrected chi connectivity index (χ4v) is 4.57. The average Bonchev–Trinajstić information content (AvgIpc) is 2.80. The zero-order valence-electron chi connectivity index (χ0n) is 17.3. The third-order valence-corrected chi connectivity index (χ3v) is 6.61. The van der Waals surface area contributed by atoms with Gasteiger partial charge in [0.15, 0.2) is 0 Å². The number of halogens is 5. The van der Waals surface area contributed by atoms with Gasteiger partial charge < -0.3 is 19.9 Å². The van der Waals surface area contributed by atoms with Crippen LogP contribution in [0.25, 0.3) is 0 Å². The molecule has 2 N–H and O–H groups in total. The minimum Gasteiger partial charge on any atom is -0.490 e. The Morgan fingerprint density at radius 2 is 1.78 bits per heavy atom. The Balaban J connectivity index is 1.79. The SMILES string of the molecule is CC(C)(C)OC(=O)NC1CC(Oc2ccc(S(=O)(=O)C(F)(F)F)c3c2CC(F)(F)[C@H]3O)C1. The summed E-state index contributed by atoms with van der Waals surface area (Å²) in [7, 11) is -5.97. The summed E-state index contributed by atoms with van der Waals surface area (Å²) in [4.78, 5) is 10.3. The zero-order valence-corrected chi connectivity index (χ0v) is 18.1. The van der Waals surface area contributed by atoms with Crippen molar-refractivity contribution in [3.8, 4) is 5.75 Å². The number of amides is 1. The second kappa shape index (κ2) is 7.72. The minimum absolute atomic E-state index is 0.238. The van der Waals surface area contributed by atoms with Crippen molar-refractivity contribution in [3.05, 3.63) is 23.3 Å². The van der Waals surface area contributed by atoms with Crippen LogP contribution in [0.2, 0.25) is 0 Å². The summed E-state index contributed by atoms with van der Waals surface area (Å²) in [6.45, 7) is 5.06. The van der Waals surface area contributed by atoms with Crippen LogP contribution in [-0.2, 0) is 21.0 Å².